The fourth-order valence-corrected chi connectivity index (χ4v) is 2.15. The Labute approximate surface area is 99.9 Å². The van der Waals surface area contributed by atoms with Crippen LogP contribution in [0.25, 0.3) is 4.85 Å². The van der Waals surface area contributed by atoms with Gasteiger partial charge < -0.3 is 0 Å². The fourth-order valence-electron chi connectivity index (χ4n) is 1.33. The Bertz CT molecular complexity index is 506. The lowest BCUT2D eigenvalue weighted by Crippen LogP contribution is -1.74. The van der Waals surface area contributed by atoms with Gasteiger partial charge in [-0.15, -0.1) is 0 Å². The predicted octanol–water partition coefficient (Wildman–Crippen LogP) is 4.70. The average molecular weight is 225 g/mol. The lowest BCUT2D eigenvalue weighted by molar-refractivity contribution is 1.36. The molecule has 0 saturated carbocycles. The number of aryl methyl sites for hydroxylation is 1. The van der Waals surface area contributed by atoms with Gasteiger partial charge in [-0.25, -0.2) is 4.85 Å². The minimum atomic E-state index is 0.688. The average Bonchev–Trinajstić information content (AvgIpc) is 2.33. The standard InChI is InChI=1S/C14H11NS/c1-11-3-7-13(8-4-11)16-14-9-5-12(15-2)6-10-14/h3-10H,1H3. The first-order chi connectivity index (χ1) is 7.78. The van der Waals surface area contributed by atoms with Crippen LogP contribution in [0, 0.1) is 13.5 Å². The highest BCUT2D eigenvalue weighted by molar-refractivity contribution is 7.99. The van der Waals surface area contributed by atoms with Gasteiger partial charge in [0.2, 0.25) is 0 Å². The second-order valence-corrected chi connectivity index (χ2v) is 4.67. The minimum absolute atomic E-state index is 0.688. The molecular weight excluding hydrogens is 214 g/mol. The molecule has 16 heavy (non-hydrogen) atoms. The van der Waals surface area contributed by atoms with E-state index in [1.165, 1.54) is 10.5 Å². The van der Waals surface area contributed by atoms with Gasteiger partial charge in [-0.1, -0.05) is 53.7 Å². The van der Waals surface area contributed by atoms with Crippen LogP contribution < -0.4 is 0 Å². The van der Waals surface area contributed by atoms with Crippen molar-refractivity contribution >= 4 is 17.4 Å². The monoisotopic (exact) mass is 225 g/mol. The Balaban J connectivity index is 2.15. The van der Waals surface area contributed by atoms with Crippen LogP contribution in [0.1, 0.15) is 5.56 Å². The van der Waals surface area contributed by atoms with Crippen molar-refractivity contribution in [3.63, 3.8) is 0 Å². The zero-order chi connectivity index (χ0) is 11.4. The van der Waals surface area contributed by atoms with Crippen LogP contribution in [0.15, 0.2) is 58.3 Å². The molecule has 0 aliphatic rings. The summed E-state index contributed by atoms with van der Waals surface area (Å²) in [6, 6.07) is 16.1. The Kier molecular flexibility index (Phi) is 3.28. The SMILES string of the molecule is [C-]#[N+]c1ccc(Sc2ccc(C)cc2)cc1. The third-order valence-corrected chi connectivity index (χ3v) is 3.24. The van der Waals surface area contributed by atoms with Crippen molar-refractivity contribution in [1.82, 2.24) is 0 Å². The summed E-state index contributed by atoms with van der Waals surface area (Å²) >= 11 is 1.71. The number of rotatable bonds is 2. The van der Waals surface area contributed by atoms with E-state index >= 15 is 0 Å². The quantitative estimate of drug-likeness (QED) is 0.670. The second-order valence-electron chi connectivity index (χ2n) is 3.52. The lowest BCUT2D eigenvalue weighted by Gasteiger charge is -2.02. The van der Waals surface area contributed by atoms with E-state index in [9.17, 15) is 0 Å². The molecule has 0 heterocycles. The number of hydrogen-bond donors (Lipinski definition) is 0. The van der Waals surface area contributed by atoms with Gasteiger partial charge in [-0.05, 0) is 19.1 Å². The van der Waals surface area contributed by atoms with E-state index in [0.717, 1.165) is 4.90 Å². The van der Waals surface area contributed by atoms with Crippen molar-refractivity contribution in [2.45, 2.75) is 16.7 Å². The summed E-state index contributed by atoms with van der Waals surface area (Å²) in [4.78, 5) is 5.76. The Morgan fingerprint density at radius 1 is 0.875 bits per heavy atom. The maximum absolute atomic E-state index is 6.88. The molecule has 0 bridgehead atoms. The summed E-state index contributed by atoms with van der Waals surface area (Å²) in [5.74, 6) is 0. The van der Waals surface area contributed by atoms with E-state index in [4.69, 9.17) is 6.57 Å². The second kappa shape index (κ2) is 4.87. The zero-order valence-electron chi connectivity index (χ0n) is 8.97. The van der Waals surface area contributed by atoms with Crippen LogP contribution in [-0.2, 0) is 0 Å². The molecule has 0 atom stereocenters. The van der Waals surface area contributed by atoms with Gasteiger partial charge in [0, 0.05) is 9.79 Å². The first-order valence-corrected chi connectivity index (χ1v) is 5.81. The summed E-state index contributed by atoms with van der Waals surface area (Å²) in [6.07, 6.45) is 0. The molecule has 0 radical (unpaired) electrons. The van der Waals surface area contributed by atoms with Crippen LogP contribution in [-0.4, -0.2) is 0 Å². The van der Waals surface area contributed by atoms with Gasteiger partial charge >= 0.3 is 0 Å². The van der Waals surface area contributed by atoms with Crippen LogP contribution in [0.5, 0.6) is 0 Å². The van der Waals surface area contributed by atoms with E-state index in [0.29, 0.717) is 5.69 Å². The Morgan fingerprint density at radius 2 is 1.38 bits per heavy atom. The molecule has 0 saturated heterocycles. The third kappa shape index (κ3) is 2.65. The molecule has 0 fully saturated rings. The van der Waals surface area contributed by atoms with Crippen molar-refractivity contribution in [2.75, 3.05) is 0 Å². The molecule has 0 aliphatic carbocycles. The molecule has 2 rings (SSSR count). The predicted molar refractivity (Wildman–Crippen MR) is 68.0 cm³/mol. The van der Waals surface area contributed by atoms with Gasteiger partial charge in [0.1, 0.15) is 0 Å². The number of nitrogens with zero attached hydrogens (tertiary/aromatic N) is 1. The van der Waals surface area contributed by atoms with Gasteiger partial charge in [0.05, 0.1) is 6.57 Å². The van der Waals surface area contributed by atoms with E-state index < -0.39 is 0 Å². The van der Waals surface area contributed by atoms with Crippen LogP contribution >= 0.6 is 11.8 Å². The first-order valence-electron chi connectivity index (χ1n) is 5.00. The van der Waals surface area contributed by atoms with Gasteiger partial charge in [0.15, 0.2) is 5.69 Å². The van der Waals surface area contributed by atoms with Gasteiger partial charge in [-0.2, -0.15) is 0 Å². The Morgan fingerprint density at radius 3 is 1.88 bits per heavy atom. The Hall–Kier alpha value is -1.72. The number of benzene rings is 2. The maximum Gasteiger partial charge on any atom is 0.187 e. The summed E-state index contributed by atoms with van der Waals surface area (Å²) in [5.41, 5.74) is 1.96. The molecule has 0 amide bonds. The number of hydrogen-bond acceptors (Lipinski definition) is 1. The highest BCUT2D eigenvalue weighted by Gasteiger charge is 1.97. The molecule has 2 aromatic rings. The first kappa shape index (κ1) is 10.8. The molecule has 2 aromatic carbocycles. The largest absolute Gasteiger partial charge is 0.238 e. The topological polar surface area (TPSA) is 4.36 Å². The molecule has 2 heteroatoms. The maximum atomic E-state index is 6.88. The third-order valence-electron chi connectivity index (χ3n) is 2.22. The minimum Gasteiger partial charge on any atom is -0.238 e. The lowest BCUT2D eigenvalue weighted by atomic mass is 10.2. The van der Waals surface area contributed by atoms with Crippen LogP contribution in [0.2, 0.25) is 0 Å². The smallest absolute Gasteiger partial charge is 0.187 e. The molecule has 0 unspecified atom stereocenters. The van der Waals surface area contributed by atoms with Crippen LogP contribution in [0.4, 0.5) is 5.69 Å². The van der Waals surface area contributed by atoms with E-state index in [1.807, 2.05) is 24.3 Å². The van der Waals surface area contributed by atoms with Crippen LogP contribution in [0.3, 0.4) is 0 Å². The summed E-state index contributed by atoms with van der Waals surface area (Å²) in [5, 5.41) is 0. The van der Waals surface area contributed by atoms with E-state index in [2.05, 4.69) is 36.0 Å². The fraction of sp³-hybridized carbons (Fsp3) is 0.0714. The van der Waals surface area contributed by atoms with Gasteiger partial charge in [-0.3, -0.25) is 0 Å². The molecule has 0 spiro atoms. The summed E-state index contributed by atoms with van der Waals surface area (Å²) in [6.45, 7) is 8.96. The van der Waals surface area contributed by atoms with Crippen molar-refractivity contribution < 1.29 is 0 Å². The molecule has 0 aliphatic heterocycles. The highest BCUT2D eigenvalue weighted by Crippen LogP contribution is 2.29. The van der Waals surface area contributed by atoms with Crippen molar-refractivity contribution in [3.05, 3.63) is 65.5 Å². The molecule has 0 N–H and O–H groups in total. The molecule has 78 valence electrons. The normalized spacial score (nSPS) is 9.75. The molecule has 0 aromatic heterocycles. The van der Waals surface area contributed by atoms with Gasteiger partial charge in [0.25, 0.3) is 0 Å². The van der Waals surface area contributed by atoms with Crippen molar-refractivity contribution in [1.29, 1.82) is 0 Å². The molecular formula is C14H11NS. The zero-order valence-corrected chi connectivity index (χ0v) is 9.79. The highest BCUT2D eigenvalue weighted by atomic mass is 32.2. The van der Waals surface area contributed by atoms with E-state index in [1.54, 1.807) is 11.8 Å². The summed E-state index contributed by atoms with van der Waals surface area (Å²) < 4.78 is 0. The van der Waals surface area contributed by atoms with E-state index in [-0.39, 0.29) is 0 Å². The van der Waals surface area contributed by atoms with Crippen molar-refractivity contribution in [2.24, 2.45) is 0 Å². The summed E-state index contributed by atoms with van der Waals surface area (Å²) in [7, 11) is 0. The molecule has 1 nitrogen and oxygen atoms in total. The van der Waals surface area contributed by atoms with Crippen molar-refractivity contribution in [3.8, 4) is 0 Å².